The third-order valence-electron chi connectivity index (χ3n) is 2.97. The molecule has 0 saturated heterocycles. The summed E-state index contributed by atoms with van der Waals surface area (Å²) in [6, 6.07) is 6.05. The van der Waals surface area contributed by atoms with Crippen LogP contribution in [0.4, 0.5) is 0 Å². The van der Waals surface area contributed by atoms with Gasteiger partial charge in [0.25, 0.3) is 0 Å². The predicted molar refractivity (Wildman–Crippen MR) is 71.3 cm³/mol. The van der Waals surface area contributed by atoms with Crippen LogP contribution in [0.3, 0.4) is 0 Å². The van der Waals surface area contributed by atoms with Crippen molar-refractivity contribution in [3.8, 4) is 0 Å². The summed E-state index contributed by atoms with van der Waals surface area (Å²) in [5.74, 6) is 0. The number of aryl methyl sites for hydroxylation is 2. The van der Waals surface area contributed by atoms with E-state index < -0.39 is 6.10 Å². The number of aliphatic hydroxyl groups excluding tert-OH is 1. The van der Waals surface area contributed by atoms with Gasteiger partial charge in [-0.05, 0) is 42.0 Å². The van der Waals surface area contributed by atoms with E-state index in [-0.39, 0.29) is 0 Å². The van der Waals surface area contributed by atoms with Crippen molar-refractivity contribution in [2.45, 2.75) is 32.8 Å². The summed E-state index contributed by atoms with van der Waals surface area (Å²) in [5, 5.41) is 12.3. The van der Waals surface area contributed by atoms with Crippen molar-refractivity contribution in [3.63, 3.8) is 0 Å². The van der Waals surface area contributed by atoms with E-state index in [0.29, 0.717) is 6.42 Å². The molecule has 2 aromatic rings. The summed E-state index contributed by atoms with van der Waals surface area (Å²) in [6.07, 6.45) is 2.92. The molecule has 17 heavy (non-hydrogen) atoms. The number of aliphatic hydroxyl groups is 1. The fourth-order valence-electron chi connectivity index (χ4n) is 1.94. The molecule has 1 atom stereocenters. The van der Waals surface area contributed by atoms with Gasteiger partial charge < -0.3 is 5.11 Å². The molecular formula is C14H17NOS. The Bertz CT molecular complexity index is 492. The molecule has 2 nitrogen and oxygen atoms in total. The zero-order valence-electron chi connectivity index (χ0n) is 10.2. The van der Waals surface area contributed by atoms with Gasteiger partial charge in [-0.15, -0.1) is 11.3 Å². The number of rotatable bonds is 4. The summed E-state index contributed by atoms with van der Waals surface area (Å²) in [4.78, 5) is 5.41. The zero-order valence-corrected chi connectivity index (χ0v) is 11.0. The van der Waals surface area contributed by atoms with Crippen LogP contribution in [-0.4, -0.2) is 10.1 Å². The molecule has 2 rings (SSSR count). The molecule has 0 amide bonds. The van der Waals surface area contributed by atoms with Gasteiger partial charge in [0, 0.05) is 23.2 Å². The maximum atomic E-state index is 10.3. The first-order valence-corrected chi connectivity index (χ1v) is 6.75. The van der Waals surface area contributed by atoms with Gasteiger partial charge in [-0.25, -0.2) is 0 Å². The Labute approximate surface area is 106 Å². The van der Waals surface area contributed by atoms with E-state index in [2.05, 4.69) is 18.0 Å². The Morgan fingerprint density at radius 3 is 2.94 bits per heavy atom. The van der Waals surface area contributed by atoms with Crippen LogP contribution < -0.4 is 0 Å². The minimum atomic E-state index is -0.432. The molecule has 0 aromatic carbocycles. The molecule has 0 radical (unpaired) electrons. The maximum Gasteiger partial charge on any atom is 0.0940 e. The second-order valence-electron chi connectivity index (χ2n) is 4.15. The fourth-order valence-corrected chi connectivity index (χ4v) is 2.92. The lowest BCUT2D eigenvalue weighted by Crippen LogP contribution is -2.05. The van der Waals surface area contributed by atoms with Crippen LogP contribution in [0.25, 0.3) is 0 Å². The first-order chi connectivity index (χ1) is 8.22. The molecule has 3 heteroatoms. The summed E-state index contributed by atoms with van der Waals surface area (Å²) < 4.78 is 0. The zero-order chi connectivity index (χ0) is 12.3. The van der Waals surface area contributed by atoms with E-state index in [0.717, 1.165) is 22.6 Å². The van der Waals surface area contributed by atoms with Gasteiger partial charge >= 0.3 is 0 Å². The second kappa shape index (κ2) is 5.43. The van der Waals surface area contributed by atoms with Crippen molar-refractivity contribution in [2.75, 3.05) is 0 Å². The monoisotopic (exact) mass is 247 g/mol. The molecule has 0 aliphatic heterocycles. The molecule has 0 aliphatic rings. The van der Waals surface area contributed by atoms with E-state index in [9.17, 15) is 5.11 Å². The molecule has 90 valence electrons. The van der Waals surface area contributed by atoms with Crippen molar-refractivity contribution in [2.24, 2.45) is 0 Å². The molecule has 0 bridgehead atoms. The average molecular weight is 247 g/mol. The second-order valence-corrected chi connectivity index (χ2v) is 5.10. The lowest BCUT2D eigenvalue weighted by atomic mass is 10.0. The molecule has 2 aromatic heterocycles. The van der Waals surface area contributed by atoms with Gasteiger partial charge in [0.05, 0.1) is 6.10 Å². The van der Waals surface area contributed by atoms with E-state index >= 15 is 0 Å². The molecule has 0 saturated carbocycles. The fraction of sp³-hybridized carbons (Fsp3) is 0.357. The van der Waals surface area contributed by atoms with Crippen molar-refractivity contribution < 1.29 is 5.11 Å². The number of nitrogens with zero attached hydrogens (tertiary/aromatic N) is 1. The quantitative estimate of drug-likeness (QED) is 0.899. The number of hydrogen-bond acceptors (Lipinski definition) is 3. The number of aromatic nitrogens is 1. The summed E-state index contributed by atoms with van der Waals surface area (Å²) in [6.45, 7) is 4.15. The summed E-state index contributed by atoms with van der Waals surface area (Å²) >= 11 is 1.63. The third-order valence-corrected chi connectivity index (χ3v) is 4.03. The Balaban J connectivity index is 2.17. The minimum Gasteiger partial charge on any atom is -0.387 e. The van der Waals surface area contributed by atoms with E-state index in [1.165, 1.54) is 5.56 Å². The highest BCUT2D eigenvalue weighted by molar-refractivity contribution is 7.10. The van der Waals surface area contributed by atoms with E-state index in [1.54, 1.807) is 17.5 Å². The lowest BCUT2D eigenvalue weighted by molar-refractivity contribution is 0.180. The van der Waals surface area contributed by atoms with E-state index in [1.807, 2.05) is 24.4 Å². The standard InChI is InChI=1S/C14H17NOS/c1-3-11-6-8-17-14(11)13(16)9-12-10(2)5-4-7-15-12/h4-8,13,16H,3,9H2,1-2H3. The molecule has 0 fully saturated rings. The van der Waals surface area contributed by atoms with Crippen LogP contribution >= 0.6 is 11.3 Å². The minimum absolute atomic E-state index is 0.432. The van der Waals surface area contributed by atoms with Gasteiger partial charge in [-0.3, -0.25) is 4.98 Å². The van der Waals surface area contributed by atoms with Crippen molar-refractivity contribution in [3.05, 3.63) is 51.5 Å². The molecule has 2 heterocycles. The Morgan fingerprint density at radius 1 is 1.41 bits per heavy atom. The van der Waals surface area contributed by atoms with Crippen molar-refractivity contribution in [1.29, 1.82) is 0 Å². The summed E-state index contributed by atoms with van der Waals surface area (Å²) in [5.41, 5.74) is 3.37. The van der Waals surface area contributed by atoms with Gasteiger partial charge in [0.1, 0.15) is 0 Å². The number of thiophene rings is 1. The SMILES string of the molecule is CCc1ccsc1C(O)Cc1ncccc1C. The van der Waals surface area contributed by atoms with Crippen LogP contribution in [-0.2, 0) is 12.8 Å². The molecular weight excluding hydrogens is 230 g/mol. The van der Waals surface area contributed by atoms with Gasteiger partial charge in [0.15, 0.2) is 0 Å². The topological polar surface area (TPSA) is 33.1 Å². The van der Waals surface area contributed by atoms with Crippen LogP contribution in [0.1, 0.15) is 34.7 Å². The van der Waals surface area contributed by atoms with Crippen LogP contribution in [0.15, 0.2) is 29.8 Å². The Hall–Kier alpha value is -1.19. The highest BCUT2D eigenvalue weighted by Gasteiger charge is 2.15. The van der Waals surface area contributed by atoms with Crippen LogP contribution in [0, 0.1) is 6.92 Å². The van der Waals surface area contributed by atoms with E-state index in [4.69, 9.17) is 0 Å². The molecule has 0 aliphatic carbocycles. The highest BCUT2D eigenvalue weighted by atomic mass is 32.1. The van der Waals surface area contributed by atoms with Gasteiger partial charge in [0.2, 0.25) is 0 Å². The normalized spacial score (nSPS) is 12.6. The average Bonchev–Trinajstić information content (AvgIpc) is 2.80. The lowest BCUT2D eigenvalue weighted by Gasteiger charge is -2.11. The van der Waals surface area contributed by atoms with Crippen molar-refractivity contribution in [1.82, 2.24) is 4.98 Å². The van der Waals surface area contributed by atoms with Gasteiger partial charge in [-0.1, -0.05) is 13.0 Å². The first-order valence-electron chi connectivity index (χ1n) is 5.87. The van der Waals surface area contributed by atoms with Crippen LogP contribution in [0.5, 0.6) is 0 Å². The number of pyridine rings is 1. The number of hydrogen-bond donors (Lipinski definition) is 1. The Kier molecular flexibility index (Phi) is 3.92. The predicted octanol–water partition coefficient (Wildman–Crippen LogP) is 3.29. The first kappa shape index (κ1) is 12.3. The van der Waals surface area contributed by atoms with Crippen molar-refractivity contribution >= 4 is 11.3 Å². The molecule has 1 N–H and O–H groups in total. The smallest absolute Gasteiger partial charge is 0.0940 e. The largest absolute Gasteiger partial charge is 0.387 e. The van der Waals surface area contributed by atoms with Gasteiger partial charge in [-0.2, -0.15) is 0 Å². The summed E-state index contributed by atoms with van der Waals surface area (Å²) in [7, 11) is 0. The molecule has 0 spiro atoms. The van der Waals surface area contributed by atoms with Crippen LogP contribution in [0.2, 0.25) is 0 Å². The highest BCUT2D eigenvalue weighted by Crippen LogP contribution is 2.27. The third kappa shape index (κ3) is 2.73. The maximum absolute atomic E-state index is 10.3. The molecule has 1 unspecified atom stereocenters. The Morgan fingerprint density at radius 2 is 2.24 bits per heavy atom.